The second-order valence-corrected chi connectivity index (χ2v) is 5.98. The summed E-state index contributed by atoms with van der Waals surface area (Å²) in [4.78, 5) is 13.4. The third kappa shape index (κ3) is 2.96. The van der Waals surface area contributed by atoms with Gasteiger partial charge in [-0.15, -0.1) is 0 Å². The first-order valence-corrected chi connectivity index (χ1v) is 7.55. The minimum Gasteiger partial charge on any atom is -0.480 e. The summed E-state index contributed by atoms with van der Waals surface area (Å²) in [6, 6.07) is 7.00. The standard InChI is InChI=1S/C15H17BrN2O2/c1-2-10-5-6-18(14(7-10)15(19)20)12-4-3-11(9-17)13(16)8-12/h3-4,8,10,14H,2,5-7H2,1H3,(H,19,20). The van der Waals surface area contributed by atoms with Gasteiger partial charge in [-0.2, -0.15) is 5.26 Å². The number of halogens is 1. The second kappa shape index (κ2) is 6.27. The number of piperidine rings is 1. The van der Waals surface area contributed by atoms with Crippen molar-refractivity contribution in [3.05, 3.63) is 28.2 Å². The van der Waals surface area contributed by atoms with Gasteiger partial charge in [-0.25, -0.2) is 4.79 Å². The van der Waals surface area contributed by atoms with Gasteiger partial charge in [0.1, 0.15) is 12.1 Å². The Morgan fingerprint density at radius 1 is 1.60 bits per heavy atom. The first-order valence-electron chi connectivity index (χ1n) is 6.76. The van der Waals surface area contributed by atoms with E-state index in [0.717, 1.165) is 25.1 Å². The van der Waals surface area contributed by atoms with Crippen LogP contribution in [0.15, 0.2) is 22.7 Å². The highest BCUT2D eigenvalue weighted by molar-refractivity contribution is 9.10. The molecular formula is C15H17BrN2O2. The van der Waals surface area contributed by atoms with Crippen molar-refractivity contribution in [2.24, 2.45) is 5.92 Å². The van der Waals surface area contributed by atoms with Crippen molar-refractivity contribution in [2.45, 2.75) is 32.2 Å². The number of carboxylic acid groups (broad SMARTS) is 1. The zero-order valence-corrected chi connectivity index (χ0v) is 12.9. The summed E-state index contributed by atoms with van der Waals surface area (Å²) in [6.45, 7) is 2.85. The number of anilines is 1. The fourth-order valence-corrected chi connectivity index (χ4v) is 3.18. The van der Waals surface area contributed by atoms with Crippen molar-refractivity contribution in [1.29, 1.82) is 5.26 Å². The molecule has 5 heteroatoms. The Bertz CT molecular complexity index is 553. The molecule has 0 spiro atoms. The van der Waals surface area contributed by atoms with Gasteiger partial charge in [0.05, 0.1) is 5.56 Å². The van der Waals surface area contributed by atoms with Crippen LogP contribution in [0.4, 0.5) is 5.69 Å². The van der Waals surface area contributed by atoms with Crippen LogP contribution in [0.1, 0.15) is 31.7 Å². The van der Waals surface area contributed by atoms with E-state index in [1.54, 1.807) is 6.07 Å². The van der Waals surface area contributed by atoms with Crippen LogP contribution in [-0.2, 0) is 4.79 Å². The van der Waals surface area contributed by atoms with Crippen LogP contribution >= 0.6 is 15.9 Å². The lowest BCUT2D eigenvalue weighted by atomic mass is 9.88. The van der Waals surface area contributed by atoms with E-state index in [0.29, 0.717) is 22.4 Å². The Balaban J connectivity index is 2.28. The van der Waals surface area contributed by atoms with E-state index in [-0.39, 0.29) is 0 Å². The van der Waals surface area contributed by atoms with Gasteiger partial charge in [0, 0.05) is 16.7 Å². The molecule has 1 aliphatic heterocycles. The molecule has 4 nitrogen and oxygen atoms in total. The van der Waals surface area contributed by atoms with E-state index < -0.39 is 12.0 Å². The summed E-state index contributed by atoms with van der Waals surface area (Å²) < 4.78 is 0.708. The predicted octanol–water partition coefficient (Wildman–Crippen LogP) is 3.40. The van der Waals surface area contributed by atoms with E-state index >= 15 is 0 Å². The molecule has 0 aliphatic carbocycles. The summed E-state index contributed by atoms with van der Waals surface area (Å²) in [6.07, 6.45) is 2.72. The van der Waals surface area contributed by atoms with Crippen LogP contribution in [0.25, 0.3) is 0 Å². The first kappa shape index (κ1) is 14.9. The number of hydrogen-bond acceptors (Lipinski definition) is 3. The van der Waals surface area contributed by atoms with Gasteiger partial charge in [0.2, 0.25) is 0 Å². The topological polar surface area (TPSA) is 64.3 Å². The maximum absolute atomic E-state index is 11.5. The Labute approximate surface area is 127 Å². The zero-order chi connectivity index (χ0) is 14.7. The van der Waals surface area contributed by atoms with E-state index in [9.17, 15) is 9.90 Å². The average Bonchev–Trinajstić information content (AvgIpc) is 2.46. The number of nitriles is 1. The molecule has 1 aromatic rings. The fraction of sp³-hybridized carbons (Fsp3) is 0.467. The van der Waals surface area contributed by atoms with Gasteiger partial charge < -0.3 is 10.0 Å². The molecule has 0 aromatic heterocycles. The molecule has 1 N–H and O–H groups in total. The van der Waals surface area contributed by atoms with Crippen LogP contribution < -0.4 is 4.90 Å². The SMILES string of the molecule is CCC1CCN(c2ccc(C#N)c(Br)c2)C(C(=O)O)C1. The molecule has 2 atom stereocenters. The lowest BCUT2D eigenvalue weighted by Gasteiger charge is -2.38. The molecular weight excluding hydrogens is 320 g/mol. The molecule has 2 unspecified atom stereocenters. The Morgan fingerprint density at radius 3 is 2.90 bits per heavy atom. The number of rotatable bonds is 3. The maximum atomic E-state index is 11.5. The number of carbonyl (C=O) groups is 1. The fourth-order valence-electron chi connectivity index (χ4n) is 2.73. The third-order valence-corrected chi connectivity index (χ3v) is 4.63. The summed E-state index contributed by atoms with van der Waals surface area (Å²) >= 11 is 3.36. The lowest BCUT2D eigenvalue weighted by Crippen LogP contribution is -2.47. The van der Waals surface area contributed by atoms with E-state index in [1.165, 1.54) is 0 Å². The maximum Gasteiger partial charge on any atom is 0.326 e. The van der Waals surface area contributed by atoms with Crippen molar-refractivity contribution >= 4 is 27.6 Å². The predicted molar refractivity (Wildman–Crippen MR) is 80.6 cm³/mol. The Hall–Kier alpha value is -1.54. The highest BCUT2D eigenvalue weighted by atomic mass is 79.9. The smallest absolute Gasteiger partial charge is 0.326 e. The van der Waals surface area contributed by atoms with Gasteiger partial charge in [-0.05, 0) is 52.9 Å². The average molecular weight is 337 g/mol. The number of aliphatic carboxylic acids is 1. The van der Waals surface area contributed by atoms with E-state index in [1.807, 2.05) is 17.0 Å². The second-order valence-electron chi connectivity index (χ2n) is 5.12. The molecule has 20 heavy (non-hydrogen) atoms. The number of nitrogens with zero attached hydrogens (tertiary/aromatic N) is 2. The van der Waals surface area contributed by atoms with Crippen LogP contribution in [0, 0.1) is 17.2 Å². The normalized spacial score (nSPS) is 22.4. The highest BCUT2D eigenvalue weighted by Gasteiger charge is 2.32. The molecule has 106 valence electrons. The monoisotopic (exact) mass is 336 g/mol. The lowest BCUT2D eigenvalue weighted by molar-refractivity contribution is -0.139. The molecule has 2 rings (SSSR count). The summed E-state index contributed by atoms with van der Waals surface area (Å²) in [5, 5.41) is 18.4. The van der Waals surface area contributed by atoms with Gasteiger partial charge in [0.25, 0.3) is 0 Å². The first-order chi connectivity index (χ1) is 9.56. The molecule has 1 aliphatic rings. The molecule has 0 bridgehead atoms. The molecule has 1 heterocycles. The van der Waals surface area contributed by atoms with E-state index in [4.69, 9.17) is 5.26 Å². The molecule has 0 saturated carbocycles. The van der Waals surface area contributed by atoms with Crippen molar-refractivity contribution in [3.63, 3.8) is 0 Å². The quantitative estimate of drug-likeness (QED) is 0.918. The Kier molecular flexibility index (Phi) is 4.66. The van der Waals surface area contributed by atoms with Gasteiger partial charge in [-0.3, -0.25) is 0 Å². The van der Waals surface area contributed by atoms with Crippen molar-refractivity contribution in [1.82, 2.24) is 0 Å². The number of hydrogen-bond donors (Lipinski definition) is 1. The van der Waals surface area contributed by atoms with Crippen molar-refractivity contribution in [3.8, 4) is 6.07 Å². The summed E-state index contributed by atoms with van der Waals surface area (Å²) in [5.74, 6) is -0.294. The van der Waals surface area contributed by atoms with Crippen LogP contribution in [0.5, 0.6) is 0 Å². The van der Waals surface area contributed by atoms with Crippen LogP contribution in [0.3, 0.4) is 0 Å². The minimum atomic E-state index is -0.774. The molecule has 1 fully saturated rings. The molecule has 1 saturated heterocycles. The zero-order valence-electron chi connectivity index (χ0n) is 11.3. The molecule has 0 radical (unpaired) electrons. The summed E-state index contributed by atoms with van der Waals surface area (Å²) in [7, 11) is 0. The largest absolute Gasteiger partial charge is 0.480 e. The minimum absolute atomic E-state index is 0.478. The highest BCUT2D eigenvalue weighted by Crippen LogP contribution is 2.32. The number of carboxylic acids is 1. The van der Waals surface area contributed by atoms with Crippen molar-refractivity contribution < 1.29 is 9.90 Å². The molecule has 0 amide bonds. The number of benzene rings is 1. The van der Waals surface area contributed by atoms with Gasteiger partial charge >= 0.3 is 5.97 Å². The van der Waals surface area contributed by atoms with E-state index in [2.05, 4.69) is 28.9 Å². The van der Waals surface area contributed by atoms with Crippen LogP contribution in [0.2, 0.25) is 0 Å². The third-order valence-electron chi connectivity index (χ3n) is 3.98. The summed E-state index contributed by atoms with van der Waals surface area (Å²) in [5.41, 5.74) is 1.42. The van der Waals surface area contributed by atoms with Gasteiger partial charge in [-0.1, -0.05) is 13.3 Å². The Morgan fingerprint density at radius 2 is 2.35 bits per heavy atom. The van der Waals surface area contributed by atoms with Crippen molar-refractivity contribution in [2.75, 3.05) is 11.4 Å². The molecule has 1 aromatic carbocycles. The van der Waals surface area contributed by atoms with Crippen LogP contribution in [-0.4, -0.2) is 23.7 Å². The van der Waals surface area contributed by atoms with Gasteiger partial charge in [0.15, 0.2) is 0 Å².